The van der Waals surface area contributed by atoms with Gasteiger partial charge in [0, 0.05) is 37.4 Å². The van der Waals surface area contributed by atoms with Crippen LogP contribution in [0.5, 0.6) is 0 Å². The highest BCUT2D eigenvalue weighted by Gasteiger charge is 2.28. The second-order valence-corrected chi connectivity index (χ2v) is 6.37. The van der Waals surface area contributed by atoms with Gasteiger partial charge in [-0.2, -0.15) is 0 Å². The third-order valence-corrected chi connectivity index (χ3v) is 4.64. The number of nitrogens with one attached hydrogen (secondary N) is 1. The van der Waals surface area contributed by atoms with E-state index >= 15 is 0 Å². The van der Waals surface area contributed by atoms with Crippen LogP contribution in [0.3, 0.4) is 0 Å². The minimum absolute atomic E-state index is 0.239. The summed E-state index contributed by atoms with van der Waals surface area (Å²) in [5.74, 6) is 0.239. The second-order valence-electron chi connectivity index (χ2n) is 6.37. The van der Waals surface area contributed by atoms with E-state index in [4.69, 9.17) is 0 Å². The van der Waals surface area contributed by atoms with Gasteiger partial charge in [0.05, 0.1) is 6.54 Å². The topological polar surface area (TPSA) is 35.6 Å². The maximum Gasteiger partial charge on any atom is 0.241 e. The Morgan fingerprint density at radius 2 is 2.14 bits per heavy atom. The molecule has 0 spiro atoms. The minimum Gasteiger partial charge on any atom is -0.311 e. The number of hydrogen-bond acceptors (Lipinski definition) is 3. The Morgan fingerprint density at radius 3 is 3.00 bits per heavy atom. The number of piperazine rings is 1. The molecule has 1 amide bonds. The number of fused-ring (bicyclic) bond motifs is 1. The van der Waals surface area contributed by atoms with Crippen LogP contribution in [0.1, 0.15) is 25.8 Å². The number of carbonyl (C=O) groups excluding carboxylic acids is 1. The summed E-state index contributed by atoms with van der Waals surface area (Å²) in [6.07, 6.45) is 2.15. The Bertz CT molecular complexity index is 517. The smallest absolute Gasteiger partial charge is 0.241 e. The average Bonchev–Trinajstić information content (AvgIpc) is 2.50. The van der Waals surface area contributed by atoms with Crippen LogP contribution < -0.4 is 10.2 Å². The number of carbonyl (C=O) groups is 1. The lowest BCUT2D eigenvalue weighted by Crippen LogP contribution is -2.57. The Kier molecular flexibility index (Phi) is 4.27. The normalized spacial score (nSPS) is 26.5. The summed E-state index contributed by atoms with van der Waals surface area (Å²) < 4.78 is 0. The number of para-hydroxylation sites is 1. The number of rotatable bonds is 2. The first kappa shape index (κ1) is 14.5. The van der Waals surface area contributed by atoms with Crippen LogP contribution in [0.2, 0.25) is 0 Å². The first-order valence-electron chi connectivity index (χ1n) is 8.01. The van der Waals surface area contributed by atoms with E-state index < -0.39 is 0 Å². The lowest BCUT2D eigenvalue weighted by molar-refractivity contribution is -0.120. The van der Waals surface area contributed by atoms with Gasteiger partial charge >= 0.3 is 0 Å². The Labute approximate surface area is 127 Å². The van der Waals surface area contributed by atoms with Crippen LogP contribution in [0, 0.1) is 0 Å². The van der Waals surface area contributed by atoms with Gasteiger partial charge in [0.2, 0.25) is 5.91 Å². The second kappa shape index (κ2) is 6.16. The van der Waals surface area contributed by atoms with Crippen LogP contribution >= 0.6 is 0 Å². The average molecular weight is 287 g/mol. The molecule has 0 aromatic heterocycles. The molecule has 4 heteroatoms. The number of nitrogens with zero attached hydrogens (tertiary/aromatic N) is 2. The van der Waals surface area contributed by atoms with Crippen molar-refractivity contribution in [2.75, 3.05) is 31.1 Å². The molecule has 2 aliphatic rings. The number of aryl methyl sites for hydroxylation is 1. The third kappa shape index (κ3) is 3.11. The molecule has 0 aliphatic carbocycles. The summed E-state index contributed by atoms with van der Waals surface area (Å²) >= 11 is 0. The van der Waals surface area contributed by atoms with Crippen molar-refractivity contribution in [1.82, 2.24) is 10.2 Å². The number of hydrogen-bond donors (Lipinski definition) is 1. The van der Waals surface area contributed by atoms with Crippen LogP contribution in [0.4, 0.5) is 5.69 Å². The molecule has 114 valence electrons. The number of amides is 1. The SMILES string of the molecule is CC1CN(CC(=O)N2CCCc3ccccc32)C(C)CN1. The van der Waals surface area contributed by atoms with E-state index in [-0.39, 0.29) is 5.91 Å². The lowest BCUT2D eigenvalue weighted by Gasteiger charge is -2.38. The van der Waals surface area contributed by atoms with Gasteiger partial charge in [-0.1, -0.05) is 18.2 Å². The molecule has 2 atom stereocenters. The highest BCUT2D eigenvalue weighted by Crippen LogP contribution is 2.27. The van der Waals surface area contributed by atoms with Crippen molar-refractivity contribution >= 4 is 11.6 Å². The maximum absolute atomic E-state index is 12.7. The molecule has 3 rings (SSSR count). The zero-order valence-corrected chi connectivity index (χ0v) is 13.0. The number of benzene rings is 1. The predicted octanol–water partition coefficient (Wildman–Crippen LogP) is 1.65. The fourth-order valence-corrected chi connectivity index (χ4v) is 3.37. The molecule has 2 aliphatic heterocycles. The van der Waals surface area contributed by atoms with Gasteiger partial charge in [-0.15, -0.1) is 0 Å². The van der Waals surface area contributed by atoms with E-state index in [1.54, 1.807) is 0 Å². The summed E-state index contributed by atoms with van der Waals surface area (Å²) in [5, 5.41) is 3.46. The van der Waals surface area contributed by atoms with Gasteiger partial charge in [-0.05, 0) is 38.3 Å². The molecular formula is C17H25N3O. The molecule has 21 heavy (non-hydrogen) atoms. The molecule has 1 aromatic rings. The third-order valence-electron chi connectivity index (χ3n) is 4.64. The molecule has 1 N–H and O–H groups in total. The molecule has 0 saturated carbocycles. The molecule has 4 nitrogen and oxygen atoms in total. The molecule has 0 bridgehead atoms. The predicted molar refractivity (Wildman–Crippen MR) is 85.6 cm³/mol. The molecular weight excluding hydrogens is 262 g/mol. The molecule has 1 aromatic carbocycles. The summed E-state index contributed by atoms with van der Waals surface area (Å²) in [7, 11) is 0. The van der Waals surface area contributed by atoms with Gasteiger partial charge in [0.15, 0.2) is 0 Å². The highest BCUT2D eigenvalue weighted by atomic mass is 16.2. The van der Waals surface area contributed by atoms with Crippen molar-refractivity contribution in [3.8, 4) is 0 Å². The fraction of sp³-hybridized carbons (Fsp3) is 0.588. The first-order chi connectivity index (χ1) is 10.1. The Balaban J connectivity index is 1.71. The zero-order valence-electron chi connectivity index (χ0n) is 13.0. The van der Waals surface area contributed by atoms with Crippen molar-refractivity contribution in [2.45, 2.75) is 38.8 Å². The van der Waals surface area contributed by atoms with E-state index in [1.165, 1.54) is 5.56 Å². The molecule has 0 radical (unpaired) electrons. The van der Waals surface area contributed by atoms with Gasteiger partial charge in [-0.25, -0.2) is 0 Å². The quantitative estimate of drug-likeness (QED) is 0.898. The molecule has 2 heterocycles. The summed E-state index contributed by atoms with van der Waals surface area (Å²) in [6.45, 7) is 7.66. The zero-order chi connectivity index (χ0) is 14.8. The molecule has 1 saturated heterocycles. The van der Waals surface area contributed by atoms with Crippen molar-refractivity contribution in [2.24, 2.45) is 0 Å². The lowest BCUT2D eigenvalue weighted by atomic mass is 10.0. The maximum atomic E-state index is 12.7. The van der Waals surface area contributed by atoms with Gasteiger partial charge in [0.25, 0.3) is 0 Å². The standard InChI is InChI=1S/C17H25N3O/c1-13-11-19(14(2)10-18-13)12-17(21)20-9-5-7-15-6-3-4-8-16(15)20/h3-4,6,8,13-14,18H,5,7,9-12H2,1-2H3. The van der Waals surface area contributed by atoms with Crippen LogP contribution in [-0.2, 0) is 11.2 Å². The van der Waals surface area contributed by atoms with Crippen molar-refractivity contribution < 1.29 is 4.79 Å². The van der Waals surface area contributed by atoms with Gasteiger partial charge < -0.3 is 10.2 Å². The van der Waals surface area contributed by atoms with E-state index in [0.29, 0.717) is 18.6 Å². The fourth-order valence-electron chi connectivity index (χ4n) is 3.37. The van der Waals surface area contributed by atoms with Gasteiger partial charge in [-0.3, -0.25) is 9.69 Å². The van der Waals surface area contributed by atoms with Crippen molar-refractivity contribution in [1.29, 1.82) is 0 Å². The summed E-state index contributed by atoms with van der Waals surface area (Å²) in [6, 6.07) is 9.20. The minimum atomic E-state index is 0.239. The van der Waals surface area contributed by atoms with Crippen LogP contribution in [-0.4, -0.2) is 49.1 Å². The molecule has 2 unspecified atom stereocenters. The van der Waals surface area contributed by atoms with E-state index in [9.17, 15) is 4.79 Å². The van der Waals surface area contributed by atoms with Crippen molar-refractivity contribution in [3.05, 3.63) is 29.8 Å². The monoisotopic (exact) mass is 287 g/mol. The van der Waals surface area contributed by atoms with E-state index in [1.807, 2.05) is 11.0 Å². The largest absolute Gasteiger partial charge is 0.311 e. The summed E-state index contributed by atoms with van der Waals surface area (Å²) in [5.41, 5.74) is 2.42. The van der Waals surface area contributed by atoms with Crippen LogP contribution in [0.25, 0.3) is 0 Å². The van der Waals surface area contributed by atoms with Gasteiger partial charge in [0.1, 0.15) is 0 Å². The van der Waals surface area contributed by atoms with Crippen LogP contribution in [0.15, 0.2) is 24.3 Å². The highest BCUT2D eigenvalue weighted by molar-refractivity contribution is 5.96. The summed E-state index contributed by atoms with van der Waals surface area (Å²) in [4.78, 5) is 17.0. The molecule has 1 fully saturated rings. The first-order valence-corrected chi connectivity index (χ1v) is 8.01. The van der Waals surface area contributed by atoms with E-state index in [0.717, 1.165) is 38.2 Å². The number of anilines is 1. The Morgan fingerprint density at radius 1 is 1.33 bits per heavy atom. The van der Waals surface area contributed by atoms with E-state index in [2.05, 4.69) is 42.3 Å². The van der Waals surface area contributed by atoms with Crippen molar-refractivity contribution in [3.63, 3.8) is 0 Å². The Hall–Kier alpha value is -1.39.